The van der Waals surface area contributed by atoms with Crippen LogP contribution in [0.1, 0.15) is 0 Å². The number of hydrogen-bond acceptors (Lipinski definition) is 5. The molecule has 0 aromatic carbocycles. The summed E-state index contributed by atoms with van der Waals surface area (Å²) in [6.45, 7) is -0.466. The second-order valence-corrected chi connectivity index (χ2v) is 2.29. The van der Waals surface area contributed by atoms with Gasteiger partial charge in [-0.05, 0) is 0 Å². The first-order chi connectivity index (χ1) is 5.71. The first-order valence-corrected chi connectivity index (χ1v) is 3.51. The number of aldehydes is 1. The first kappa shape index (κ1) is 11.5. The minimum absolute atomic E-state index is 0.466. The van der Waals surface area contributed by atoms with Crippen LogP contribution in [0.4, 0.5) is 0 Å². The van der Waals surface area contributed by atoms with Gasteiger partial charge in [-0.2, -0.15) is 0 Å². The van der Waals surface area contributed by atoms with Crippen molar-refractivity contribution in [3.63, 3.8) is 0 Å². The molecule has 0 saturated carbocycles. The number of carbonyl (C=O) groups excluding carboxylic acids is 1. The summed E-state index contributed by atoms with van der Waals surface area (Å²) in [6.07, 6.45) is -2.26. The minimum atomic E-state index is -1.11. The summed E-state index contributed by atoms with van der Waals surface area (Å²) in [7, 11) is 2.66. The molecule has 0 spiro atoms. The number of hydrogen-bond donors (Lipinski definition) is 2. The number of ether oxygens (including phenoxy) is 2. The van der Waals surface area contributed by atoms with Crippen molar-refractivity contribution in [2.45, 2.75) is 18.3 Å². The summed E-state index contributed by atoms with van der Waals surface area (Å²) in [6, 6.07) is 0. The molecule has 0 unspecified atom stereocenters. The van der Waals surface area contributed by atoms with Gasteiger partial charge in [0.05, 0.1) is 6.61 Å². The number of carbonyl (C=O) groups is 1. The highest BCUT2D eigenvalue weighted by Crippen LogP contribution is 2.05. The second-order valence-electron chi connectivity index (χ2n) is 2.29. The highest BCUT2D eigenvalue weighted by molar-refractivity contribution is 5.57. The Morgan fingerprint density at radius 3 is 2.25 bits per heavy atom. The normalized spacial score (nSPS) is 18.3. The number of aliphatic hydroxyl groups is 2. The van der Waals surface area contributed by atoms with Gasteiger partial charge in [-0.25, -0.2) is 0 Å². The van der Waals surface area contributed by atoms with Crippen molar-refractivity contribution >= 4 is 6.29 Å². The molecule has 0 amide bonds. The maximum absolute atomic E-state index is 10.4. The lowest BCUT2D eigenvalue weighted by Crippen LogP contribution is -2.42. The first-order valence-electron chi connectivity index (χ1n) is 3.51. The maximum atomic E-state index is 10.4. The Kier molecular flexibility index (Phi) is 5.83. The van der Waals surface area contributed by atoms with Crippen LogP contribution in [0.5, 0.6) is 0 Å². The molecule has 0 fully saturated rings. The van der Waals surface area contributed by atoms with Crippen molar-refractivity contribution < 1.29 is 24.5 Å². The summed E-state index contributed by atoms with van der Waals surface area (Å²) in [5.74, 6) is 0. The van der Waals surface area contributed by atoms with E-state index < -0.39 is 24.9 Å². The maximum Gasteiger partial charge on any atom is 0.151 e. The molecule has 12 heavy (non-hydrogen) atoms. The molecule has 0 aliphatic heterocycles. The fourth-order valence-electron chi connectivity index (χ4n) is 0.881. The van der Waals surface area contributed by atoms with Crippen LogP contribution in [-0.4, -0.2) is 55.6 Å². The molecule has 0 rings (SSSR count). The van der Waals surface area contributed by atoms with Gasteiger partial charge < -0.3 is 24.5 Å². The van der Waals surface area contributed by atoms with Gasteiger partial charge in [0.25, 0.3) is 0 Å². The molecule has 0 radical (unpaired) electrons. The predicted octanol–water partition coefficient (Wildman–Crippen LogP) is -1.43. The van der Waals surface area contributed by atoms with Gasteiger partial charge in [-0.15, -0.1) is 0 Å². The Hall–Kier alpha value is -0.490. The summed E-state index contributed by atoms with van der Waals surface area (Å²) in [5, 5.41) is 17.7. The average Bonchev–Trinajstić information content (AvgIpc) is 2.12. The van der Waals surface area contributed by atoms with Crippen LogP contribution in [0.15, 0.2) is 0 Å². The third-order valence-electron chi connectivity index (χ3n) is 1.57. The van der Waals surface area contributed by atoms with E-state index in [4.69, 9.17) is 19.7 Å². The van der Waals surface area contributed by atoms with Crippen molar-refractivity contribution in [3.05, 3.63) is 0 Å². The van der Waals surface area contributed by atoms with Gasteiger partial charge in [-0.1, -0.05) is 0 Å². The van der Waals surface area contributed by atoms with E-state index in [0.717, 1.165) is 0 Å². The van der Waals surface area contributed by atoms with Crippen LogP contribution in [0.2, 0.25) is 0 Å². The Morgan fingerprint density at radius 2 is 2.00 bits per heavy atom. The van der Waals surface area contributed by atoms with E-state index in [1.807, 2.05) is 0 Å². The van der Waals surface area contributed by atoms with E-state index >= 15 is 0 Å². The topological polar surface area (TPSA) is 76.0 Å². The monoisotopic (exact) mass is 178 g/mol. The Morgan fingerprint density at radius 1 is 1.42 bits per heavy atom. The third-order valence-corrected chi connectivity index (χ3v) is 1.57. The summed E-state index contributed by atoms with van der Waals surface area (Å²) in [5.41, 5.74) is 0. The molecule has 5 heteroatoms. The van der Waals surface area contributed by atoms with Crippen LogP contribution in [0, 0.1) is 0 Å². The Balaban J connectivity index is 4.19. The van der Waals surface area contributed by atoms with E-state index in [2.05, 4.69) is 0 Å². The lowest BCUT2D eigenvalue weighted by atomic mass is 10.1. The van der Waals surface area contributed by atoms with Crippen LogP contribution >= 0.6 is 0 Å². The SMILES string of the molecule is CO[C@@H]([C@H](O)CO)[C@H](C=O)OC. The van der Waals surface area contributed by atoms with Gasteiger partial charge in [0, 0.05) is 14.2 Å². The Bertz CT molecular complexity index is 127. The lowest BCUT2D eigenvalue weighted by Gasteiger charge is -2.23. The highest BCUT2D eigenvalue weighted by Gasteiger charge is 2.27. The van der Waals surface area contributed by atoms with Crippen molar-refractivity contribution in [3.8, 4) is 0 Å². The third kappa shape index (κ3) is 2.86. The smallest absolute Gasteiger partial charge is 0.151 e. The molecule has 5 nitrogen and oxygen atoms in total. The van der Waals surface area contributed by atoms with E-state index in [0.29, 0.717) is 6.29 Å². The van der Waals surface area contributed by atoms with Crippen molar-refractivity contribution in [2.24, 2.45) is 0 Å². The summed E-state index contributed by atoms with van der Waals surface area (Å²) < 4.78 is 9.49. The molecular weight excluding hydrogens is 164 g/mol. The molecule has 0 saturated heterocycles. The van der Waals surface area contributed by atoms with Crippen LogP contribution in [0.3, 0.4) is 0 Å². The molecular formula is C7H14O5. The zero-order valence-corrected chi connectivity index (χ0v) is 7.14. The second kappa shape index (κ2) is 6.07. The fourth-order valence-corrected chi connectivity index (χ4v) is 0.881. The molecule has 3 atom stereocenters. The minimum Gasteiger partial charge on any atom is -0.394 e. The van der Waals surface area contributed by atoms with E-state index in [1.54, 1.807) is 0 Å². The van der Waals surface area contributed by atoms with Crippen LogP contribution in [0.25, 0.3) is 0 Å². The molecule has 0 aromatic rings. The zero-order chi connectivity index (χ0) is 9.56. The van der Waals surface area contributed by atoms with Crippen molar-refractivity contribution in [1.82, 2.24) is 0 Å². The number of methoxy groups -OCH3 is 2. The standard InChI is InChI=1S/C7H14O5/c1-11-6(4-9)7(12-2)5(10)3-8/h4-8,10H,3H2,1-2H3/t5-,6+,7+/m1/s1. The van der Waals surface area contributed by atoms with Gasteiger partial charge in [0.15, 0.2) is 6.29 Å². The van der Waals surface area contributed by atoms with Gasteiger partial charge in [0.1, 0.15) is 18.3 Å². The molecule has 0 aliphatic carbocycles. The Labute approximate surface area is 70.9 Å². The van der Waals surface area contributed by atoms with Gasteiger partial charge >= 0.3 is 0 Å². The molecule has 0 bridgehead atoms. The van der Waals surface area contributed by atoms with Crippen LogP contribution in [-0.2, 0) is 14.3 Å². The molecule has 2 N–H and O–H groups in total. The van der Waals surface area contributed by atoms with Crippen molar-refractivity contribution in [2.75, 3.05) is 20.8 Å². The quantitative estimate of drug-likeness (QED) is 0.488. The van der Waals surface area contributed by atoms with E-state index in [1.165, 1.54) is 14.2 Å². The van der Waals surface area contributed by atoms with Crippen molar-refractivity contribution in [1.29, 1.82) is 0 Å². The van der Waals surface area contributed by atoms with Crippen LogP contribution < -0.4 is 0 Å². The predicted molar refractivity (Wildman–Crippen MR) is 40.8 cm³/mol. The average molecular weight is 178 g/mol. The zero-order valence-electron chi connectivity index (χ0n) is 7.14. The van der Waals surface area contributed by atoms with E-state index in [-0.39, 0.29) is 0 Å². The molecule has 0 aromatic heterocycles. The summed E-state index contributed by atoms with van der Waals surface area (Å²) >= 11 is 0. The summed E-state index contributed by atoms with van der Waals surface area (Å²) in [4.78, 5) is 10.4. The number of aliphatic hydroxyl groups excluding tert-OH is 2. The highest BCUT2D eigenvalue weighted by atomic mass is 16.5. The van der Waals surface area contributed by atoms with Gasteiger partial charge in [-0.3, -0.25) is 0 Å². The lowest BCUT2D eigenvalue weighted by molar-refractivity contribution is -0.136. The largest absolute Gasteiger partial charge is 0.394 e. The fraction of sp³-hybridized carbons (Fsp3) is 0.857. The van der Waals surface area contributed by atoms with E-state index in [9.17, 15) is 4.79 Å². The van der Waals surface area contributed by atoms with Gasteiger partial charge in [0.2, 0.25) is 0 Å². The molecule has 0 heterocycles. The molecule has 72 valence electrons. The number of rotatable bonds is 6. The molecule has 0 aliphatic rings.